The number of rotatable bonds is 4. The second kappa shape index (κ2) is 6.39. The number of alkyl halides is 3. The molecule has 0 N–H and O–H groups in total. The van der Waals surface area contributed by atoms with Crippen LogP contribution in [0.4, 0.5) is 8.78 Å². The Labute approximate surface area is 121 Å². The van der Waals surface area contributed by atoms with Gasteiger partial charge >= 0.3 is 6.61 Å². The SMILES string of the molecule is CC1CCN(C(=O)c2cccc(OC(F)F)c2)C1CCl. The number of halogens is 3. The molecule has 1 aliphatic rings. The number of amides is 1. The lowest BCUT2D eigenvalue weighted by molar-refractivity contribution is -0.0499. The van der Waals surface area contributed by atoms with Crippen LogP contribution in [0.5, 0.6) is 5.75 Å². The predicted octanol–water partition coefficient (Wildman–Crippen LogP) is 3.38. The van der Waals surface area contributed by atoms with Gasteiger partial charge in [0, 0.05) is 24.0 Å². The molecule has 2 unspecified atom stereocenters. The molecule has 0 radical (unpaired) electrons. The van der Waals surface area contributed by atoms with Crippen LogP contribution in [-0.2, 0) is 0 Å². The van der Waals surface area contributed by atoms with Crippen LogP contribution in [0.15, 0.2) is 24.3 Å². The van der Waals surface area contributed by atoms with Crippen molar-refractivity contribution in [1.29, 1.82) is 0 Å². The number of benzene rings is 1. The highest BCUT2D eigenvalue weighted by atomic mass is 35.5. The number of carbonyl (C=O) groups is 1. The Hall–Kier alpha value is -1.36. The highest BCUT2D eigenvalue weighted by molar-refractivity contribution is 6.18. The largest absolute Gasteiger partial charge is 0.435 e. The molecule has 1 saturated heterocycles. The Morgan fingerprint density at radius 2 is 2.30 bits per heavy atom. The fourth-order valence-corrected chi connectivity index (χ4v) is 2.94. The van der Waals surface area contributed by atoms with E-state index < -0.39 is 6.61 Å². The monoisotopic (exact) mass is 303 g/mol. The van der Waals surface area contributed by atoms with Gasteiger partial charge in [0.15, 0.2) is 0 Å². The van der Waals surface area contributed by atoms with Gasteiger partial charge in [-0.15, -0.1) is 11.6 Å². The maximum absolute atomic E-state index is 12.4. The van der Waals surface area contributed by atoms with Gasteiger partial charge in [-0.1, -0.05) is 13.0 Å². The van der Waals surface area contributed by atoms with Crippen LogP contribution >= 0.6 is 11.6 Å². The first-order chi connectivity index (χ1) is 9.52. The van der Waals surface area contributed by atoms with Gasteiger partial charge in [-0.3, -0.25) is 4.79 Å². The van der Waals surface area contributed by atoms with Crippen LogP contribution in [0, 0.1) is 5.92 Å². The first-order valence-electron chi connectivity index (χ1n) is 6.44. The van der Waals surface area contributed by atoms with E-state index in [1.54, 1.807) is 11.0 Å². The van der Waals surface area contributed by atoms with E-state index in [2.05, 4.69) is 11.7 Å². The van der Waals surface area contributed by atoms with Crippen molar-refractivity contribution in [3.8, 4) is 5.75 Å². The summed E-state index contributed by atoms with van der Waals surface area (Å²) in [7, 11) is 0. The van der Waals surface area contributed by atoms with Crippen LogP contribution in [0.25, 0.3) is 0 Å². The van der Waals surface area contributed by atoms with Crippen molar-refractivity contribution in [2.24, 2.45) is 5.92 Å². The molecular weight excluding hydrogens is 288 g/mol. The van der Waals surface area contributed by atoms with Crippen molar-refractivity contribution >= 4 is 17.5 Å². The minimum absolute atomic E-state index is 0.0103. The van der Waals surface area contributed by atoms with Gasteiger partial charge < -0.3 is 9.64 Å². The summed E-state index contributed by atoms with van der Waals surface area (Å²) < 4.78 is 28.7. The van der Waals surface area contributed by atoms with Crippen LogP contribution in [0.2, 0.25) is 0 Å². The molecule has 0 spiro atoms. The van der Waals surface area contributed by atoms with E-state index in [0.29, 0.717) is 23.9 Å². The molecule has 1 fully saturated rings. The number of ether oxygens (including phenoxy) is 1. The number of hydrogen-bond donors (Lipinski definition) is 0. The van der Waals surface area contributed by atoms with Gasteiger partial charge in [-0.25, -0.2) is 0 Å². The van der Waals surface area contributed by atoms with E-state index in [4.69, 9.17) is 11.6 Å². The van der Waals surface area contributed by atoms with Crippen molar-refractivity contribution in [1.82, 2.24) is 4.90 Å². The molecule has 1 amide bonds. The summed E-state index contributed by atoms with van der Waals surface area (Å²) >= 11 is 5.91. The normalized spacial score (nSPS) is 22.4. The Morgan fingerprint density at radius 1 is 1.55 bits per heavy atom. The maximum atomic E-state index is 12.4. The molecule has 0 bridgehead atoms. The average molecular weight is 304 g/mol. The number of carbonyl (C=O) groups excluding carboxylic acids is 1. The van der Waals surface area contributed by atoms with Crippen molar-refractivity contribution in [3.05, 3.63) is 29.8 Å². The van der Waals surface area contributed by atoms with Crippen LogP contribution in [0.3, 0.4) is 0 Å². The lowest BCUT2D eigenvalue weighted by Gasteiger charge is -2.25. The summed E-state index contributed by atoms with van der Waals surface area (Å²) in [5.41, 5.74) is 0.340. The molecule has 0 saturated carbocycles. The van der Waals surface area contributed by atoms with Gasteiger partial charge in [0.2, 0.25) is 0 Å². The molecule has 20 heavy (non-hydrogen) atoms. The van der Waals surface area contributed by atoms with Crippen LogP contribution in [-0.4, -0.2) is 35.9 Å². The zero-order chi connectivity index (χ0) is 14.7. The molecule has 2 rings (SSSR count). The first-order valence-corrected chi connectivity index (χ1v) is 6.98. The lowest BCUT2D eigenvalue weighted by atomic mass is 10.0. The summed E-state index contributed by atoms with van der Waals surface area (Å²) in [5.74, 6) is 0.511. The Balaban J connectivity index is 2.16. The Bertz CT molecular complexity index is 484. The zero-order valence-corrected chi connectivity index (χ0v) is 11.8. The maximum Gasteiger partial charge on any atom is 0.387 e. The first kappa shape index (κ1) is 15.0. The summed E-state index contributed by atoms with van der Waals surface area (Å²) in [4.78, 5) is 14.1. The second-order valence-corrected chi connectivity index (χ2v) is 5.20. The third-order valence-electron chi connectivity index (χ3n) is 3.61. The second-order valence-electron chi connectivity index (χ2n) is 4.89. The molecule has 0 aliphatic carbocycles. The van der Waals surface area contributed by atoms with Gasteiger partial charge in [-0.05, 0) is 30.5 Å². The summed E-state index contributed by atoms with van der Waals surface area (Å²) in [6.45, 7) is -0.212. The summed E-state index contributed by atoms with van der Waals surface area (Å²) in [6, 6.07) is 5.84. The molecule has 0 aromatic heterocycles. The quantitative estimate of drug-likeness (QED) is 0.798. The molecule has 2 atom stereocenters. The van der Waals surface area contributed by atoms with Gasteiger partial charge in [0.1, 0.15) is 5.75 Å². The van der Waals surface area contributed by atoms with Crippen molar-refractivity contribution in [3.63, 3.8) is 0 Å². The third kappa shape index (κ3) is 3.20. The average Bonchev–Trinajstić information content (AvgIpc) is 2.78. The molecule has 6 heteroatoms. The number of hydrogen-bond acceptors (Lipinski definition) is 2. The molecular formula is C14H16ClF2NO2. The Morgan fingerprint density at radius 3 is 2.95 bits per heavy atom. The lowest BCUT2D eigenvalue weighted by Crippen LogP contribution is -2.38. The fourth-order valence-electron chi connectivity index (χ4n) is 2.47. The zero-order valence-electron chi connectivity index (χ0n) is 11.1. The molecule has 1 heterocycles. The van der Waals surface area contributed by atoms with Crippen LogP contribution in [0.1, 0.15) is 23.7 Å². The number of nitrogens with zero attached hydrogens (tertiary/aromatic N) is 1. The fraction of sp³-hybridized carbons (Fsp3) is 0.500. The van der Waals surface area contributed by atoms with Crippen molar-refractivity contribution in [2.45, 2.75) is 26.0 Å². The smallest absolute Gasteiger partial charge is 0.387 e. The van der Waals surface area contributed by atoms with Crippen molar-refractivity contribution < 1.29 is 18.3 Å². The molecule has 3 nitrogen and oxygen atoms in total. The molecule has 1 aliphatic heterocycles. The predicted molar refractivity (Wildman–Crippen MR) is 72.4 cm³/mol. The summed E-state index contributed by atoms with van der Waals surface area (Å²) in [5, 5.41) is 0. The highest BCUT2D eigenvalue weighted by Crippen LogP contribution is 2.27. The Kier molecular flexibility index (Phi) is 4.81. The van der Waals surface area contributed by atoms with Gasteiger partial charge in [0.05, 0.1) is 0 Å². The molecule has 1 aromatic carbocycles. The van der Waals surface area contributed by atoms with E-state index in [0.717, 1.165) is 6.42 Å². The summed E-state index contributed by atoms with van der Waals surface area (Å²) in [6.07, 6.45) is 0.899. The van der Waals surface area contributed by atoms with E-state index in [9.17, 15) is 13.6 Å². The third-order valence-corrected chi connectivity index (χ3v) is 3.92. The highest BCUT2D eigenvalue weighted by Gasteiger charge is 2.34. The van der Waals surface area contributed by atoms with Crippen molar-refractivity contribution in [2.75, 3.05) is 12.4 Å². The van der Waals surface area contributed by atoms with E-state index in [1.807, 2.05) is 0 Å². The minimum Gasteiger partial charge on any atom is -0.435 e. The van der Waals surface area contributed by atoms with Crippen LogP contribution < -0.4 is 4.74 Å². The topological polar surface area (TPSA) is 29.5 Å². The van der Waals surface area contributed by atoms with E-state index in [-0.39, 0.29) is 17.7 Å². The molecule has 1 aromatic rings. The number of likely N-dealkylation sites (tertiary alicyclic amines) is 1. The minimum atomic E-state index is -2.90. The van der Waals surface area contributed by atoms with Gasteiger partial charge in [0.25, 0.3) is 5.91 Å². The standard InChI is InChI=1S/C14H16ClF2NO2/c1-9-5-6-18(12(9)8-15)13(19)10-3-2-4-11(7-10)20-14(16)17/h2-4,7,9,12,14H,5-6,8H2,1H3. The van der Waals surface area contributed by atoms with E-state index >= 15 is 0 Å². The molecule has 110 valence electrons. The van der Waals surface area contributed by atoms with Gasteiger partial charge in [-0.2, -0.15) is 8.78 Å². The van der Waals surface area contributed by atoms with E-state index in [1.165, 1.54) is 18.2 Å².